The molecule has 0 atom stereocenters. The smallest absolute Gasteiger partial charge is 0.258 e. The lowest BCUT2D eigenvalue weighted by molar-refractivity contribution is 0.0984. The number of carbonyl (C=O) groups excluding carboxylic acids is 1. The van der Waals surface area contributed by atoms with Gasteiger partial charge in [-0.2, -0.15) is 0 Å². The third-order valence-corrected chi connectivity index (χ3v) is 4.13. The van der Waals surface area contributed by atoms with Gasteiger partial charge in [0.2, 0.25) is 0 Å². The van der Waals surface area contributed by atoms with E-state index < -0.39 is 0 Å². The van der Waals surface area contributed by atoms with Crippen molar-refractivity contribution >= 4 is 17.3 Å². The van der Waals surface area contributed by atoms with E-state index in [4.69, 9.17) is 15.2 Å². The van der Waals surface area contributed by atoms with Gasteiger partial charge in [-0.15, -0.1) is 0 Å². The molecule has 23 heavy (non-hydrogen) atoms. The van der Waals surface area contributed by atoms with Gasteiger partial charge in [0.05, 0.1) is 14.2 Å². The second kappa shape index (κ2) is 6.20. The van der Waals surface area contributed by atoms with E-state index in [0.717, 1.165) is 29.8 Å². The third-order valence-electron chi connectivity index (χ3n) is 4.13. The maximum Gasteiger partial charge on any atom is 0.258 e. The minimum absolute atomic E-state index is 0.0752. The highest BCUT2D eigenvalue weighted by Gasteiger charge is 2.25. The molecular weight excluding hydrogens is 292 g/mol. The average molecular weight is 312 g/mol. The lowest BCUT2D eigenvalue weighted by Gasteiger charge is -2.30. The summed E-state index contributed by atoms with van der Waals surface area (Å²) in [5.74, 6) is 1.11. The zero-order valence-corrected chi connectivity index (χ0v) is 13.3. The summed E-state index contributed by atoms with van der Waals surface area (Å²) < 4.78 is 10.5. The van der Waals surface area contributed by atoms with Crippen LogP contribution in [0.4, 0.5) is 11.4 Å². The molecule has 1 heterocycles. The molecule has 0 spiro atoms. The van der Waals surface area contributed by atoms with Gasteiger partial charge in [0.25, 0.3) is 5.91 Å². The Kier molecular flexibility index (Phi) is 4.10. The van der Waals surface area contributed by atoms with Crippen LogP contribution in [0, 0.1) is 0 Å². The molecule has 0 fully saturated rings. The molecule has 0 saturated heterocycles. The van der Waals surface area contributed by atoms with Gasteiger partial charge in [0, 0.05) is 29.5 Å². The fraction of sp³-hybridized carbons (Fsp3) is 0.278. The molecule has 2 aromatic carbocycles. The van der Waals surface area contributed by atoms with Crippen molar-refractivity contribution in [3.63, 3.8) is 0 Å². The van der Waals surface area contributed by atoms with Crippen LogP contribution in [0.2, 0.25) is 0 Å². The number of nitrogens with two attached hydrogens (primary N) is 1. The summed E-state index contributed by atoms with van der Waals surface area (Å²) in [5.41, 5.74) is 9.27. The molecule has 3 rings (SSSR count). The van der Waals surface area contributed by atoms with Crippen molar-refractivity contribution in [2.45, 2.75) is 12.8 Å². The van der Waals surface area contributed by atoms with Crippen molar-refractivity contribution in [1.82, 2.24) is 0 Å². The maximum absolute atomic E-state index is 13.0. The van der Waals surface area contributed by atoms with Crippen molar-refractivity contribution in [3.05, 3.63) is 47.5 Å². The number of hydrogen-bond donors (Lipinski definition) is 1. The summed E-state index contributed by atoms with van der Waals surface area (Å²) in [6, 6.07) is 10.9. The van der Waals surface area contributed by atoms with Gasteiger partial charge in [-0.05, 0) is 42.7 Å². The first-order valence-corrected chi connectivity index (χ1v) is 7.56. The van der Waals surface area contributed by atoms with Crippen LogP contribution in [0.15, 0.2) is 36.4 Å². The Labute approximate surface area is 135 Å². The predicted octanol–water partition coefficient (Wildman–Crippen LogP) is 2.88. The van der Waals surface area contributed by atoms with Crippen LogP contribution < -0.4 is 20.1 Å². The number of anilines is 2. The Morgan fingerprint density at radius 2 is 1.83 bits per heavy atom. The Morgan fingerprint density at radius 3 is 2.48 bits per heavy atom. The van der Waals surface area contributed by atoms with E-state index in [1.807, 2.05) is 18.2 Å². The molecule has 2 aromatic rings. The molecule has 0 bridgehead atoms. The molecule has 0 saturated carbocycles. The van der Waals surface area contributed by atoms with Gasteiger partial charge in [-0.3, -0.25) is 4.79 Å². The molecule has 5 nitrogen and oxygen atoms in total. The number of ether oxygens (including phenoxy) is 2. The summed E-state index contributed by atoms with van der Waals surface area (Å²) in [7, 11) is 3.14. The molecular formula is C18H20N2O3. The summed E-state index contributed by atoms with van der Waals surface area (Å²) >= 11 is 0. The molecule has 5 heteroatoms. The molecule has 0 aliphatic carbocycles. The number of fused-ring (bicyclic) bond motifs is 1. The summed E-state index contributed by atoms with van der Waals surface area (Å²) in [5, 5.41) is 0. The SMILES string of the molecule is COc1cc(OC)cc(C(=O)N2CCCc3c(N)cccc32)c1. The van der Waals surface area contributed by atoms with Crippen LogP contribution >= 0.6 is 0 Å². The zero-order valence-electron chi connectivity index (χ0n) is 13.3. The highest BCUT2D eigenvalue weighted by molar-refractivity contribution is 6.07. The Bertz CT molecular complexity index is 721. The molecule has 0 unspecified atom stereocenters. The highest BCUT2D eigenvalue weighted by Crippen LogP contribution is 2.33. The average Bonchev–Trinajstić information content (AvgIpc) is 2.60. The number of hydrogen-bond acceptors (Lipinski definition) is 4. The van der Waals surface area contributed by atoms with Gasteiger partial charge < -0.3 is 20.1 Å². The second-order valence-corrected chi connectivity index (χ2v) is 5.51. The minimum Gasteiger partial charge on any atom is -0.497 e. The van der Waals surface area contributed by atoms with Gasteiger partial charge >= 0.3 is 0 Å². The van der Waals surface area contributed by atoms with Crippen molar-refractivity contribution in [1.29, 1.82) is 0 Å². The maximum atomic E-state index is 13.0. The fourth-order valence-corrected chi connectivity index (χ4v) is 2.95. The molecule has 1 aliphatic rings. The lowest BCUT2D eigenvalue weighted by atomic mass is 9.99. The largest absolute Gasteiger partial charge is 0.497 e. The van der Waals surface area contributed by atoms with E-state index in [1.54, 1.807) is 37.3 Å². The number of benzene rings is 2. The topological polar surface area (TPSA) is 64.8 Å². The van der Waals surface area contributed by atoms with E-state index in [2.05, 4.69) is 0 Å². The molecule has 0 radical (unpaired) electrons. The van der Waals surface area contributed by atoms with E-state index >= 15 is 0 Å². The van der Waals surface area contributed by atoms with Crippen molar-refractivity contribution in [2.75, 3.05) is 31.4 Å². The van der Waals surface area contributed by atoms with Crippen LogP contribution in [0.5, 0.6) is 11.5 Å². The summed E-state index contributed by atoms with van der Waals surface area (Å²) in [6.45, 7) is 0.675. The normalized spacial score (nSPS) is 13.4. The van der Waals surface area contributed by atoms with Crippen LogP contribution in [0.1, 0.15) is 22.3 Å². The Balaban J connectivity index is 2.01. The first-order chi connectivity index (χ1) is 11.1. The first kappa shape index (κ1) is 15.2. The van der Waals surface area contributed by atoms with Gasteiger partial charge in [-0.1, -0.05) is 6.07 Å². The predicted molar refractivity (Wildman–Crippen MR) is 90.4 cm³/mol. The van der Waals surface area contributed by atoms with E-state index in [9.17, 15) is 4.79 Å². The van der Waals surface area contributed by atoms with Crippen molar-refractivity contribution in [3.8, 4) is 11.5 Å². The van der Waals surface area contributed by atoms with Crippen molar-refractivity contribution in [2.24, 2.45) is 0 Å². The van der Waals surface area contributed by atoms with E-state index in [1.165, 1.54) is 0 Å². The Hall–Kier alpha value is -2.69. The van der Waals surface area contributed by atoms with Gasteiger partial charge in [0.1, 0.15) is 11.5 Å². The zero-order chi connectivity index (χ0) is 16.4. The highest BCUT2D eigenvalue weighted by atomic mass is 16.5. The Morgan fingerprint density at radius 1 is 1.13 bits per heavy atom. The summed E-state index contributed by atoms with van der Waals surface area (Å²) in [4.78, 5) is 14.8. The second-order valence-electron chi connectivity index (χ2n) is 5.51. The first-order valence-electron chi connectivity index (χ1n) is 7.56. The monoisotopic (exact) mass is 312 g/mol. The third kappa shape index (κ3) is 2.82. The molecule has 1 amide bonds. The number of methoxy groups -OCH3 is 2. The van der Waals surface area contributed by atoms with E-state index in [0.29, 0.717) is 23.6 Å². The van der Waals surface area contributed by atoms with Crippen molar-refractivity contribution < 1.29 is 14.3 Å². The fourth-order valence-electron chi connectivity index (χ4n) is 2.95. The standard InChI is InChI=1S/C18H20N2O3/c1-22-13-9-12(10-14(11-13)23-2)18(21)20-8-4-5-15-16(19)6-3-7-17(15)20/h3,6-7,9-11H,4-5,8,19H2,1-2H3. The lowest BCUT2D eigenvalue weighted by Crippen LogP contribution is -2.35. The quantitative estimate of drug-likeness (QED) is 0.885. The number of nitrogens with zero attached hydrogens (tertiary/aromatic N) is 1. The molecule has 0 aromatic heterocycles. The van der Waals surface area contributed by atoms with Gasteiger partial charge in [-0.25, -0.2) is 0 Å². The van der Waals surface area contributed by atoms with Crippen LogP contribution in [-0.4, -0.2) is 26.7 Å². The van der Waals surface area contributed by atoms with Crippen LogP contribution in [0.3, 0.4) is 0 Å². The van der Waals surface area contributed by atoms with E-state index in [-0.39, 0.29) is 5.91 Å². The number of carbonyl (C=O) groups is 1. The molecule has 1 aliphatic heterocycles. The number of nitrogen functional groups attached to an aromatic ring is 1. The number of amides is 1. The van der Waals surface area contributed by atoms with Gasteiger partial charge in [0.15, 0.2) is 0 Å². The van der Waals surface area contributed by atoms with Crippen LogP contribution in [-0.2, 0) is 6.42 Å². The minimum atomic E-state index is -0.0752. The number of rotatable bonds is 3. The molecule has 2 N–H and O–H groups in total. The molecule has 120 valence electrons. The summed E-state index contributed by atoms with van der Waals surface area (Å²) in [6.07, 6.45) is 1.79. The van der Waals surface area contributed by atoms with Crippen LogP contribution in [0.25, 0.3) is 0 Å².